The molecule has 0 atom stereocenters. The largest absolute Gasteiger partial charge is 0.342 e. The molecule has 1 aliphatic carbocycles. The zero-order chi connectivity index (χ0) is 23.8. The van der Waals surface area contributed by atoms with Crippen molar-refractivity contribution in [2.75, 3.05) is 26.2 Å². The van der Waals surface area contributed by atoms with E-state index >= 15 is 0 Å². The number of hydrogen-bond donors (Lipinski definition) is 1. The van der Waals surface area contributed by atoms with E-state index in [-0.39, 0.29) is 0 Å². The Hall–Kier alpha value is -3.52. The molecule has 8 nitrogen and oxygen atoms in total. The number of nitrogens with zero attached hydrogens (tertiary/aromatic N) is 6. The van der Waals surface area contributed by atoms with Crippen LogP contribution in [0.2, 0.25) is 0 Å². The number of carbonyl (C=O) groups excluding carboxylic acids is 1. The van der Waals surface area contributed by atoms with Crippen LogP contribution >= 0.6 is 0 Å². The summed E-state index contributed by atoms with van der Waals surface area (Å²) in [7, 11) is 1.93. The van der Waals surface area contributed by atoms with Crippen molar-refractivity contribution in [2.24, 2.45) is 13.0 Å². The van der Waals surface area contributed by atoms with Crippen molar-refractivity contribution in [3.05, 3.63) is 65.9 Å². The number of H-pyrrole nitrogens is 1. The molecule has 180 valence electrons. The highest BCUT2D eigenvalue weighted by Crippen LogP contribution is 2.28. The average molecular weight is 470 g/mol. The zero-order valence-corrected chi connectivity index (χ0v) is 20.2. The number of aromatic amines is 1. The summed E-state index contributed by atoms with van der Waals surface area (Å²) in [5.74, 6) is 1.58. The minimum absolute atomic E-state index is 0.296. The van der Waals surface area contributed by atoms with Gasteiger partial charge in [0.05, 0.1) is 16.7 Å². The van der Waals surface area contributed by atoms with Crippen LogP contribution in [0, 0.1) is 5.92 Å². The number of nitrogens with one attached hydrogen (secondary N) is 1. The number of benzene rings is 1. The Morgan fingerprint density at radius 2 is 1.94 bits per heavy atom. The molecule has 35 heavy (non-hydrogen) atoms. The molecule has 8 heteroatoms. The van der Waals surface area contributed by atoms with E-state index in [1.807, 2.05) is 36.3 Å². The number of carbonyl (C=O) groups is 1. The number of rotatable bonds is 6. The fraction of sp³-hybridized carbons (Fsp3) is 0.407. The lowest BCUT2D eigenvalue weighted by atomic mass is 9.84. The van der Waals surface area contributed by atoms with Crippen LogP contribution < -0.4 is 0 Å². The van der Waals surface area contributed by atoms with Gasteiger partial charge in [0, 0.05) is 75.8 Å². The molecule has 0 bridgehead atoms. The first-order chi connectivity index (χ1) is 17.1. The Labute approximate surface area is 205 Å². The topological polar surface area (TPSA) is 82.9 Å². The number of imidazole rings is 1. The molecule has 0 radical (unpaired) electrons. The first-order valence-corrected chi connectivity index (χ1v) is 12.5. The minimum Gasteiger partial charge on any atom is -0.342 e. The summed E-state index contributed by atoms with van der Waals surface area (Å²) < 4.78 is 1.81. The number of hydrogen-bond acceptors (Lipinski definition) is 5. The van der Waals surface area contributed by atoms with Crippen LogP contribution in [0.3, 0.4) is 0 Å². The van der Waals surface area contributed by atoms with Crippen molar-refractivity contribution in [2.45, 2.75) is 32.2 Å². The third-order valence-electron chi connectivity index (χ3n) is 7.31. The lowest BCUT2D eigenvalue weighted by molar-refractivity contribution is -0.140. The summed E-state index contributed by atoms with van der Waals surface area (Å²) in [5.41, 5.74) is 6.24. The molecule has 1 amide bonds. The van der Waals surface area contributed by atoms with Crippen LogP contribution in [0.25, 0.3) is 22.3 Å². The second kappa shape index (κ2) is 9.26. The molecule has 1 saturated heterocycles. The van der Waals surface area contributed by atoms with Crippen LogP contribution in [0.1, 0.15) is 36.3 Å². The van der Waals surface area contributed by atoms with Gasteiger partial charge in [0.2, 0.25) is 5.91 Å². The summed E-state index contributed by atoms with van der Waals surface area (Å²) in [5, 5.41) is 4.50. The van der Waals surface area contributed by atoms with Gasteiger partial charge in [0.25, 0.3) is 0 Å². The molecular weight excluding hydrogens is 438 g/mol. The van der Waals surface area contributed by atoms with Crippen molar-refractivity contribution in [1.29, 1.82) is 0 Å². The van der Waals surface area contributed by atoms with Crippen molar-refractivity contribution in [1.82, 2.24) is 34.5 Å². The van der Waals surface area contributed by atoms with Crippen LogP contribution in [0.15, 0.2) is 48.8 Å². The molecule has 1 aliphatic heterocycles. The van der Waals surface area contributed by atoms with E-state index in [9.17, 15) is 4.79 Å². The van der Waals surface area contributed by atoms with Gasteiger partial charge in [-0.1, -0.05) is 12.5 Å². The van der Waals surface area contributed by atoms with Crippen molar-refractivity contribution in [3.8, 4) is 11.3 Å². The maximum atomic E-state index is 12.5. The maximum absolute atomic E-state index is 12.5. The van der Waals surface area contributed by atoms with Crippen LogP contribution in [0.5, 0.6) is 0 Å². The highest BCUT2D eigenvalue weighted by atomic mass is 16.2. The SMILES string of the molecule is Cn1ccc(-c2ccc3nc(Cc4cc(CN5CCN(C(=O)C6CCC6)CC5)ccn4)[nH]c3c2)n1. The smallest absolute Gasteiger partial charge is 0.225 e. The zero-order valence-electron chi connectivity index (χ0n) is 20.2. The fourth-order valence-corrected chi connectivity index (χ4v) is 5.07. The molecule has 4 aromatic rings. The Balaban J connectivity index is 1.09. The molecule has 0 spiro atoms. The fourth-order valence-electron chi connectivity index (χ4n) is 5.07. The maximum Gasteiger partial charge on any atom is 0.225 e. The molecular formula is C27H31N7O. The van der Waals surface area contributed by atoms with Gasteiger partial charge in [-0.3, -0.25) is 19.4 Å². The van der Waals surface area contributed by atoms with E-state index in [0.29, 0.717) is 18.2 Å². The summed E-state index contributed by atoms with van der Waals surface area (Å²) >= 11 is 0. The van der Waals surface area contributed by atoms with E-state index in [2.05, 4.69) is 49.1 Å². The van der Waals surface area contributed by atoms with E-state index in [1.54, 1.807) is 0 Å². The van der Waals surface area contributed by atoms with Gasteiger partial charge in [0.15, 0.2) is 0 Å². The number of amides is 1. The first kappa shape index (κ1) is 22.0. The summed E-state index contributed by atoms with van der Waals surface area (Å²) in [4.78, 5) is 29.8. The molecule has 6 rings (SSSR count). The van der Waals surface area contributed by atoms with Gasteiger partial charge >= 0.3 is 0 Å². The number of fused-ring (bicyclic) bond motifs is 1. The summed E-state index contributed by atoms with van der Waals surface area (Å²) in [6.07, 6.45) is 7.87. The number of pyridine rings is 1. The second-order valence-electron chi connectivity index (χ2n) is 9.85. The van der Waals surface area contributed by atoms with Gasteiger partial charge in [0.1, 0.15) is 5.82 Å². The van der Waals surface area contributed by atoms with Crippen molar-refractivity contribution in [3.63, 3.8) is 0 Å². The third kappa shape index (κ3) is 4.71. The first-order valence-electron chi connectivity index (χ1n) is 12.5. The summed E-state index contributed by atoms with van der Waals surface area (Å²) in [6.45, 7) is 4.42. The van der Waals surface area contributed by atoms with E-state index in [4.69, 9.17) is 4.98 Å². The highest BCUT2D eigenvalue weighted by molar-refractivity contribution is 5.81. The molecule has 0 unspecified atom stereocenters. The van der Waals surface area contributed by atoms with E-state index < -0.39 is 0 Å². The van der Waals surface area contributed by atoms with Crippen molar-refractivity contribution >= 4 is 16.9 Å². The number of aryl methyl sites for hydroxylation is 1. The quantitative estimate of drug-likeness (QED) is 0.468. The standard InChI is InChI=1S/C27H31N7O/c1-32-10-8-23(31-32)21-5-6-24-25(16-21)30-26(29-24)17-22-15-19(7-9-28-22)18-33-11-13-34(14-12-33)27(35)20-3-2-4-20/h5-10,15-16,20H,2-4,11-14,17-18H2,1H3,(H,29,30). The predicted octanol–water partition coefficient (Wildman–Crippen LogP) is 3.39. The Kier molecular flexibility index (Phi) is 5.82. The Morgan fingerprint density at radius 3 is 2.69 bits per heavy atom. The van der Waals surface area contributed by atoms with Gasteiger partial charge in [-0.2, -0.15) is 5.10 Å². The molecule has 1 saturated carbocycles. The lowest BCUT2D eigenvalue weighted by Gasteiger charge is -2.38. The van der Waals surface area contributed by atoms with E-state index in [0.717, 1.165) is 79.4 Å². The van der Waals surface area contributed by atoms with Gasteiger partial charge in [-0.25, -0.2) is 4.98 Å². The second-order valence-corrected chi connectivity index (χ2v) is 9.85. The van der Waals surface area contributed by atoms with Crippen LogP contribution in [-0.2, 0) is 24.8 Å². The summed E-state index contributed by atoms with van der Waals surface area (Å²) in [6, 6.07) is 12.5. The van der Waals surface area contributed by atoms with Gasteiger partial charge in [-0.15, -0.1) is 0 Å². The Morgan fingerprint density at radius 1 is 1.09 bits per heavy atom. The molecule has 4 heterocycles. The molecule has 1 N–H and O–H groups in total. The third-order valence-corrected chi connectivity index (χ3v) is 7.31. The highest BCUT2D eigenvalue weighted by Gasteiger charge is 2.31. The molecule has 3 aromatic heterocycles. The van der Waals surface area contributed by atoms with Crippen LogP contribution in [-0.4, -0.2) is 66.6 Å². The molecule has 2 aliphatic rings. The predicted molar refractivity (Wildman–Crippen MR) is 135 cm³/mol. The number of aromatic nitrogens is 5. The minimum atomic E-state index is 0.296. The molecule has 1 aromatic carbocycles. The average Bonchev–Trinajstić information content (AvgIpc) is 3.43. The van der Waals surface area contributed by atoms with Gasteiger partial charge in [-0.05, 0) is 48.7 Å². The Bertz CT molecular complexity index is 1340. The lowest BCUT2D eigenvalue weighted by Crippen LogP contribution is -2.50. The van der Waals surface area contributed by atoms with Crippen molar-refractivity contribution < 1.29 is 4.79 Å². The molecule has 2 fully saturated rings. The number of piperazine rings is 1. The van der Waals surface area contributed by atoms with Gasteiger partial charge < -0.3 is 9.88 Å². The van der Waals surface area contributed by atoms with E-state index in [1.165, 1.54) is 12.0 Å². The van der Waals surface area contributed by atoms with Crippen LogP contribution in [0.4, 0.5) is 0 Å². The normalized spacial score (nSPS) is 17.1. The monoisotopic (exact) mass is 469 g/mol.